The molecule has 2 rings (SSSR count). The standard InChI is InChI=1S/C9H8ClN3O4S2/c10-8-6(13(14)15)4-7(18-8)19(16,17)12-9(5-11)2-1-3-9/h4,12H,1-3H2. The van der Waals surface area contributed by atoms with Crippen LogP contribution in [0.2, 0.25) is 4.34 Å². The van der Waals surface area contributed by atoms with Crippen LogP contribution in [0.1, 0.15) is 19.3 Å². The van der Waals surface area contributed by atoms with Gasteiger partial charge in [-0.25, -0.2) is 8.42 Å². The number of nitro groups is 1. The Morgan fingerprint density at radius 1 is 1.58 bits per heavy atom. The first-order valence-corrected chi connectivity index (χ1v) is 7.86. The number of hydrogen-bond donors (Lipinski definition) is 1. The lowest BCUT2D eigenvalue weighted by Gasteiger charge is -2.35. The molecule has 1 aliphatic rings. The molecule has 1 saturated carbocycles. The molecular weight excluding hydrogens is 314 g/mol. The number of nitrogens with one attached hydrogen (secondary N) is 1. The fourth-order valence-electron chi connectivity index (χ4n) is 1.67. The zero-order chi connectivity index (χ0) is 14.3. The highest BCUT2D eigenvalue weighted by Gasteiger charge is 2.42. The van der Waals surface area contributed by atoms with Gasteiger partial charge in [-0.1, -0.05) is 11.6 Å². The fraction of sp³-hybridized carbons (Fsp3) is 0.444. The molecule has 1 N–H and O–H groups in total. The first kappa shape index (κ1) is 14.2. The molecule has 0 spiro atoms. The van der Waals surface area contributed by atoms with Gasteiger partial charge >= 0.3 is 0 Å². The third-order valence-electron chi connectivity index (χ3n) is 2.86. The van der Waals surface area contributed by atoms with E-state index in [1.807, 2.05) is 6.07 Å². The molecule has 0 unspecified atom stereocenters. The molecule has 1 aliphatic carbocycles. The second-order valence-electron chi connectivity index (χ2n) is 4.13. The normalized spacial score (nSPS) is 17.5. The summed E-state index contributed by atoms with van der Waals surface area (Å²) in [5, 5.41) is 19.6. The summed E-state index contributed by atoms with van der Waals surface area (Å²) in [6.07, 6.45) is 1.63. The first-order valence-electron chi connectivity index (χ1n) is 5.19. The van der Waals surface area contributed by atoms with Crippen molar-refractivity contribution in [3.63, 3.8) is 0 Å². The van der Waals surface area contributed by atoms with Crippen LogP contribution >= 0.6 is 22.9 Å². The minimum Gasteiger partial charge on any atom is -0.258 e. The maximum atomic E-state index is 12.1. The predicted molar refractivity (Wildman–Crippen MR) is 68.5 cm³/mol. The summed E-state index contributed by atoms with van der Waals surface area (Å²) in [5.41, 5.74) is -1.55. The van der Waals surface area contributed by atoms with Crippen molar-refractivity contribution >= 4 is 38.6 Å². The van der Waals surface area contributed by atoms with Crippen LogP contribution in [0.5, 0.6) is 0 Å². The van der Waals surface area contributed by atoms with Gasteiger partial charge < -0.3 is 0 Å². The summed E-state index contributed by atoms with van der Waals surface area (Å²) >= 11 is 6.22. The van der Waals surface area contributed by atoms with Gasteiger partial charge in [0.15, 0.2) is 4.34 Å². The van der Waals surface area contributed by atoms with Gasteiger partial charge in [0.2, 0.25) is 0 Å². The van der Waals surface area contributed by atoms with Crippen molar-refractivity contribution < 1.29 is 13.3 Å². The number of nitrogens with zero attached hydrogens (tertiary/aromatic N) is 2. The van der Waals surface area contributed by atoms with Crippen LogP contribution in [0.4, 0.5) is 5.69 Å². The van der Waals surface area contributed by atoms with Gasteiger partial charge in [-0.3, -0.25) is 10.1 Å². The molecule has 1 heterocycles. The van der Waals surface area contributed by atoms with E-state index in [0.717, 1.165) is 12.5 Å². The van der Waals surface area contributed by atoms with Gasteiger partial charge in [0.25, 0.3) is 15.7 Å². The van der Waals surface area contributed by atoms with Crippen molar-refractivity contribution in [3.8, 4) is 6.07 Å². The molecule has 0 aliphatic heterocycles. The molecule has 1 fully saturated rings. The fourth-order valence-corrected chi connectivity index (χ4v) is 4.71. The molecule has 0 bridgehead atoms. The smallest absolute Gasteiger partial charge is 0.258 e. The van der Waals surface area contributed by atoms with Gasteiger partial charge in [-0.05, 0) is 19.3 Å². The summed E-state index contributed by atoms with van der Waals surface area (Å²) in [6, 6.07) is 2.83. The van der Waals surface area contributed by atoms with E-state index in [1.54, 1.807) is 0 Å². The number of nitriles is 1. The summed E-state index contributed by atoms with van der Waals surface area (Å²) in [4.78, 5) is 9.88. The SMILES string of the molecule is N#CC1(NS(=O)(=O)c2cc([N+](=O)[O-])c(Cl)s2)CCC1. The quantitative estimate of drug-likeness (QED) is 0.673. The van der Waals surface area contributed by atoms with Crippen molar-refractivity contribution in [2.45, 2.75) is 29.0 Å². The van der Waals surface area contributed by atoms with Gasteiger partial charge in [0, 0.05) is 6.07 Å². The molecule has 1 aromatic rings. The Hall–Kier alpha value is -1.21. The van der Waals surface area contributed by atoms with Crippen molar-refractivity contribution in [1.82, 2.24) is 4.72 Å². The molecule has 19 heavy (non-hydrogen) atoms. The monoisotopic (exact) mass is 321 g/mol. The Balaban J connectivity index is 2.33. The number of hydrogen-bond acceptors (Lipinski definition) is 6. The van der Waals surface area contributed by atoms with E-state index < -0.39 is 26.2 Å². The van der Waals surface area contributed by atoms with Crippen LogP contribution in [-0.4, -0.2) is 18.9 Å². The third kappa shape index (κ3) is 2.57. The van der Waals surface area contributed by atoms with Crippen molar-refractivity contribution in [2.75, 3.05) is 0 Å². The molecule has 1 aromatic heterocycles. The maximum Gasteiger partial charge on any atom is 0.300 e. The largest absolute Gasteiger partial charge is 0.300 e. The Kier molecular flexibility index (Phi) is 3.53. The summed E-state index contributed by atoms with van der Waals surface area (Å²) in [6.45, 7) is 0. The van der Waals surface area contributed by atoms with Gasteiger partial charge in [-0.2, -0.15) is 9.98 Å². The highest BCUT2D eigenvalue weighted by molar-refractivity contribution is 7.91. The van der Waals surface area contributed by atoms with Crippen LogP contribution in [-0.2, 0) is 10.0 Å². The Morgan fingerprint density at radius 3 is 2.58 bits per heavy atom. The van der Waals surface area contributed by atoms with E-state index in [9.17, 15) is 18.5 Å². The molecular formula is C9H8ClN3O4S2. The van der Waals surface area contributed by atoms with Gasteiger partial charge in [0.1, 0.15) is 9.75 Å². The summed E-state index contributed by atoms with van der Waals surface area (Å²) in [5.74, 6) is 0. The third-order valence-corrected chi connectivity index (χ3v) is 6.21. The Bertz CT molecular complexity index is 672. The van der Waals surface area contributed by atoms with Crippen LogP contribution in [0.15, 0.2) is 10.3 Å². The molecule has 0 radical (unpaired) electrons. The molecule has 7 nitrogen and oxygen atoms in total. The lowest BCUT2D eigenvalue weighted by atomic mass is 9.79. The Labute approximate surface area is 118 Å². The average Bonchev–Trinajstić information content (AvgIpc) is 2.67. The molecule has 0 amide bonds. The topological polar surface area (TPSA) is 113 Å². The molecule has 102 valence electrons. The van der Waals surface area contributed by atoms with Gasteiger partial charge in [0.05, 0.1) is 11.0 Å². The second-order valence-corrected chi connectivity index (χ2v) is 7.70. The average molecular weight is 322 g/mol. The zero-order valence-electron chi connectivity index (χ0n) is 9.42. The first-order chi connectivity index (χ1) is 8.80. The van der Waals surface area contributed by atoms with Crippen LogP contribution in [0, 0.1) is 21.4 Å². The second kappa shape index (κ2) is 4.72. The zero-order valence-corrected chi connectivity index (χ0v) is 11.8. The van der Waals surface area contributed by atoms with E-state index >= 15 is 0 Å². The van der Waals surface area contributed by atoms with Gasteiger partial charge in [-0.15, -0.1) is 11.3 Å². The maximum absolute atomic E-state index is 12.1. The minimum atomic E-state index is -3.97. The van der Waals surface area contributed by atoms with E-state index in [2.05, 4.69) is 4.72 Å². The van der Waals surface area contributed by atoms with Crippen LogP contribution in [0.25, 0.3) is 0 Å². The molecule has 0 atom stereocenters. The van der Waals surface area contributed by atoms with E-state index in [0.29, 0.717) is 24.2 Å². The van der Waals surface area contributed by atoms with E-state index in [1.165, 1.54) is 0 Å². The van der Waals surface area contributed by atoms with Crippen molar-refractivity contribution in [2.24, 2.45) is 0 Å². The number of rotatable bonds is 4. The number of sulfonamides is 1. The number of thiophene rings is 1. The van der Waals surface area contributed by atoms with Crippen molar-refractivity contribution in [3.05, 3.63) is 20.5 Å². The van der Waals surface area contributed by atoms with E-state index in [4.69, 9.17) is 16.9 Å². The van der Waals surface area contributed by atoms with Crippen LogP contribution in [0.3, 0.4) is 0 Å². The molecule has 0 aromatic carbocycles. The van der Waals surface area contributed by atoms with Crippen LogP contribution < -0.4 is 4.72 Å². The summed E-state index contributed by atoms with van der Waals surface area (Å²) < 4.78 is 25.9. The lowest BCUT2D eigenvalue weighted by molar-refractivity contribution is -0.384. The predicted octanol–water partition coefficient (Wildman–Crippen LogP) is 2.03. The number of halogens is 1. The highest BCUT2D eigenvalue weighted by atomic mass is 35.5. The Morgan fingerprint density at radius 2 is 2.21 bits per heavy atom. The summed E-state index contributed by atoms with van der Waals surface area (Å²) in [7, 11) is -3.97. The van der Waals surface area contributed by atoms with E-state index in [-0.39, 0.29) is 8.55 Å². The molecule has 10 heteroatoms. The molecule has 0 saturated heterocycles. The lowest BCUT2D eigenvalue weighted by Crippen LogP contribution is -2.52. The van der Waals surface area contributed by atoms with Crippen molar-refractivity contribution in [1.29, 1.82) is 5.26 Å². The minimum absolute atomic E-state index is 0.204. The highest BCUT2D eigenvalue weighted by Crippen LogP contribution is 2.38.